The maximum Gasteiger partial charge on any atom is 0.392 e. The van der Waals surface area contributed by atoms with E-state index in [0.717, 1.165) is 0 Å². The van der Waals surface area contributed by atoms with Crippen LogP contribution in [0.3, 0.4) is 0 Å². The Morgan fingerprint density at radius 1 is 1.41 bits per heavy atom. The van der Waals surface area contributed by atoms with Gasteiger partial charge in [-0.3, -0.25) is 0 Å². The second-order valence-corrected chi connectivity index (χ2v) is 5.90. The summed E-state index contributed by atoms with van der Waals surface area (Å²) in [6.07, 6.45) is -3.67. The van der Waals surface area contributed by atoms with Crippen molar-refractivity contribution in [2.45, 2.75) is 25.4 Å². The van der Waals surface area contributed by atoms with Gasteiger partial charge >= 0.3 is 6.18 Å². The molecule has 1 rings (SSSR count). The lowest BCUT2D eigenvalue weighted by Gasteiger charge is -2.20. The summed E-state index contributed by atoms with van der Waals surface area (Å²) in [6.45, 7) is 3.68. The zero-order valence-corrected chi connectivity index (χ0v) is 11.4. The molecule has 1 aliphatic heterocycles. The fourth-order valence-corrected chi connectivity index (χ4v) is 3.45. The van der Waals surface area contributed by atoms with Gasteiger partial charge in [-0.25, -0.2) is 0 Å². The van der Waals surface area contributed by atoms with Crippen molar-refractivity contribution < 1.29 is 13.2 Å². The number of allylic oxidation sites excluding steroid dienone is 2. The van der Waals surface area contributed by atoms with Crippen molar-refractivity contribution in [3.8, 4) is 0 Å². The van der Waals surface area contributed by atoms with Crippen LogP contribution in [-0.4, -0.2) is 17.8 Å². The number of hydrogen-bond donors (Lipinski definition) is 0. The fraction of sp³-hybridized carbons (Fsp3) is 0.636. The highest BCUT2D eigenvalue weighted by Crippen LogP contribution is 2.40. The molecule has 1 unspecified atom stereocenters. The second-order valence-electron chi connectivity index (χ2n) is 3.92. The normalized spacial score (nSPS) is 24.3. The van der Waals surface area contributed by atoms with E-state index in [1.165, 1.54) is 11.8 Å². The molecule has 0 spiro atoms. The molecular weight excluding hydrogens is 292 g/mol. The van der Waals surface area contributed by atoms with E-state index in [2.05, 4.69) is 6.58 Å². The quantitative estimate of drug-likeness (QED) is 0.590. The number of hydrogen-bond acceptors (Lipinski definition) is 1. The van der Waals surface area contributed by atoms with Gasteiger partial charge in [0.25, 0.3) is 0 Å². The van der Waals surface area contributed by atoms with Crippen molar-refractivity contribution in [3.05, 3.63) is 22.1 Å². The van der Waals surface area contributed by atoms with Gasteiger partial charge in [-0.2, -0.15) is 13.2 Å². The number of alkyl halides is 4. The van der Waals surface area contributed by atoms with Gasteiger partial charge in [-0.15, -0.1) is 23.4 Å². The summed E-state index contributed by atoms with van der Waals surface area (Å²) in [5, 5.41) is 0. The van der Waals surface area contributed by atoms with E-state index in [9.17, 15) is 13.2 Å². The Morgan fingerprint density at radius 2 is 2.06 bits per heavy atom. The number of thioether (sulfide) groups is 1. The Hall–Kier alpha value is 0.200. The largest absolute Gasteiger partial charge is 0.392 e. The third-order valence-electron chi connectivity index (χ3n) is 2.68. The lowest BCUT2D eigenvalue weighted by Crippen LogP contribution is -2.23. The van der Waals surface area contributed by atoms with E-state index in [-0.39, 0.29) is 18.7 Å². The zero-order chi connectivity index (χ0) is 13.1. The summed E-state index contributed by atoms with van der Waals surface area (Å²) < 4.78 is 38.8. The van der Waals surface area contributed by atoms with Crippen LogP contribution in [0.2, 0.25) is 0 Å². The third kappa shape index (κ3) is 4.42. The summed E-state index contributed by atoms with van der Waals surface area (Å²) >= 11 is 13.1. The molecule has 1 atom stereocenters. The lowest BCUT2D eigenvalue weighted by molar-refractivity contribution is -0.175. The molecule has 0 fully saturated rings. The van der Waals surface area contributed by atoms with Crippen LogP contribution in [0.1, 0.15) is 19.3 Å². The van der Waals surface area contributed by atoms with Gasteiger partial charge < -0.3 is 0 Å². The Kier molecular flexibility index (Phi) is 5.74. The van der Waals surface area contributed by atoms with Gasteiger partial charge in [0.05, 0.1) is 10.3 Å². The predicted molar refractivity (Wildman–Crippen MR) is 68.6 cm³/mol. The smallest absolute Gasteiger partial charge is 0.171 e. The summed E-state index contributed by atoms with van der Waals surface area (Å²) in [4.78, 5) is 0. The minimum atomic E-state index is -4.18. The topological polar surface area (TPSA) is 0 Å². The lowest BCUT2D eigenvalue weighted by atomic mass is 9.92. The van der Waals surface area contributed by atoms with E-state index >= 15 is 0 Å². The van der Waals surface area contributed by atoms with E-state index < -0.39 is 12.1 Å². The maximum atomic E-state index is 12.8. The van der Waals surface area contributed by atoms with Crippen LogP contribution < -0.4 is 0 Å². The Balaban J connectivity index is 2.91. The minimum Gasteiger partial charge on any atom is -0.171 e. The highest BCUT2D eigenvalue weighted by molar-refractivity contribution is 8.04. The Labute approximate surface area is 113 Å². The van der Waals surface area contributed by atoms with Gasteiger partial charge in [0, 0.05) is 5.88 Å². The van der Waals surface area contributed by atoms with Crippen molar-refractivity contribution in [2.24, 2.45) is 5.92 Å². The van der Waals surface area contributed by atoms with Crippen LogP contribution in [0.25, 0.3) is 0 Å². The molecular formula is C11H13Cl2F3S. The SMILES string of the molecule is C=C1CC(C(F)(F)F)CCCSC(Cl)=C1CCl. The highest BCUT2D eigenvalue weighted by atomic mass is 35.5. The third-order valence-corrected chi connectivity index (χ3v) is 4.49. The number of rotatable bonds is 1. The van der Waals surface area contributed by atoms with Crippen LogP contribution in [0, 0.1) is 5.92 Å². The van der Waals surface area contributed by atoms with Crippen molar-refractivity contribution in [2.75, 3.05) is 11.6 Å². The van der Waals surface area contributed by atoms with Crippen molar-refractivity contribution >= 4 is 35.0 Å². The summed E-state index contributed by atoms with van der Waals surface area (Å²) in [7, 11) is 0. The first-order valence-corrected chi connectivity index (χ1v) is 7.08. The minimum absolute atomic E-state index is 0.106. The zero-order valence-electron chi connectivity index (χ0n) is 9.12. The monoisotopic (exact) mass is 304 g/mol. The van der Waals surface area contributed by atoms with Gasteiger partial charge in [0.1, 0.15) is 0 Å². The Bertz CT molecular complexity index is 323. The molecule has 0 saturated heterocycles. The summed E-state index contributed by atoms with van der Waals surface area (Å²) in [5.41, 5.74) is 0.955. The standard InChI is InChI=1S/C11H13Cl2F3S/c1-7-5-8(11(14,15)16)3-2-4-17-10(13)9(7)6-12/h8H,1-6H2. The van der Waals surface area contributed by atoms with Gasteiger partial charge in [0.15, 0.2) is 0 Å². The van der Waals surface area contributed by atoms with Crippen LogP contribution in [-0.2, 0) is 0 Å². The van der Waals surface area contributed by atoms with Crippen molar-refractivity contribution in [3.63, 3.8) is 0 Å². The average molecular weight is 305 g/mol. The maximum absolute atomic E-state index is 12.8. The van der Waals surface area contributed by atoms with Gasteiger partial charge in [-0.1, -0.05) is 18.2 Å². The molecule has 0 saturated carbocycles. The Morgan fingerprint density at radius 3 is 2.59 bits per heavy atom. The molecule has 0 amide bonds. The molecule has 1 aliphatic rings. The fourth-order valence-electron chi connectivity index (χ4n) is 1.67. The van der Waals surface area contributed by atoms with E-state index in [1.54, 1.807) is 0 Å². The highest BCUT2D eigenvalue weighted by Gasteiger charge is 2.39. The molecule has 98 valence electrons. The summed E-state index contributed by atoms with van der Waals surface area (Å²) in [5.74, 6) is -0.648. The molecule has 0 aromatic rings. The van der Waals surface area contributed by atoms with Crippen LogP contribution >= 0.6 is 35.0 Å². The van der Waals surface area contributed by atoms with Crippen LogP contribution in [0.15, 0.2) is 22.1 Å². The molecule has 0 bridgehead atoms. The van der Waals surface area contributed by atoms with Crippen LogP contribution in [0.5, 0.6) is 0 Å². The molecule has 6 heteroatoms. The predicted octanol–water partition coefficient (Wildman–Crippen LogP) is 5.33. The van der Waals surface area contributed by atoms with Gasteiger partial charge in [-0.05, 0) is 36.2 Å². The van der Waals surface area contributed by atoms with Crippen molar-refractivity contribution in [1.29, 1.82) is 0 Å². The van der Waals surface area contributed by atoms with Gasteiger partial charge in [0.2, 0.25) is 0 Å². The van der Waals surface area contributed by atoms with Crippen LogP contribution in [0.4, 0.5) is 13.2 Å². The summed E-state index contributed by atoms with van der Waals surface area (Å²) in [6, 6.07) is 0. The second kappa shape index (κ2) is 6.39. The molecule has 0 aromatic carbocycles. The molecule has 0 aliphatic carbocycles. The first-order chi connectivity index (χ1) is 7.86. The average Bonchev–Trinajstić information content (AvgIpc) is 2.27. The molecule has 0 nitrogen and oxygen atoms in total. The van der Waals surface area contributed by atoms with E-state index in [1.807, 2.05) is 0 Å². The van der Waals surface area contributed by atoms with Crippen molar-refractivity contribution in [1.82, 2.24) is 0 Å². The molecule has 1 heterocycles. The molecule has 0 N–H and O–H groups in total. The molecule has 0 radical (unpaired) electrons. The van der Waals surface area contributed by atoms with E-state index in [0.29, 0.717) is 27.7 Å². The van der Waals surface area contributed by atoms with E-state index in [4.69, 9.17) is 23.2 Å². The molecule has 0 aromatic heterocycles. The first kappa shape index (κ1) is 15.3. The molecule has 17 heavy (non-hydrogen) atoms. The number of halogens is 5. The first-order valence-electron chi connectivity index (χ1n) is 5.18.